The summed E-state index contributed by atoms with van der Waals surface area (Å²) in [6, 6.07) is 18.4. The second-order valence-electron chi connectivity index (χ2n) is 6.15. The van der Waals surface area contributed by atoms with Crippen LogP contribution >= 0.6 is 0 Å². The number of benzene rings is 2. The van der Waals surface area contributed by atoms with Gasteiger partial charge in [-0.05, 0) is 23.7 Å². The third-order valence-electron chi connectivity index (χ3n) is 4.81. The van der Waals surface area contributed by atoms with E-state index in [1.165, 1.54) is 5.56 Å². The van der Waals surface area contributed by atoms with Crippen molar-refractivity contribution in [2.75, 3.05) is 20.8 Å². The standard InChI is InChI=1S/C20H25NO3/c1-21-19(14-8-4-3-5-9-14)17(13-22)20-16-11-7-6-10-15(16)12-18(23-2)24-20/h3-11,17-22H,12-13H2,1-2H3/t17-,18?,19+,20+/m0/s1. The molecule has 1 unspecified atom stereocenters. The van der Waals surface area contributed by atoms with Gasteiger partial charge >= 0.3 is 0 Å². The molecule has 0 aliphatic carbocycles. The summed E-state index contributed by atoms with van der Waals surface area (Å²) in [6.07, 6.45) is 0.228. The molecule has 0 fully saturated rings. The smallest absolute Gasteiger partial charge is 0.162 e. The minimum absolute atomic E-state index is 0.00939. The number of aliphatic hydroxyl groups excluding tert-OH is 1. The fourth-order valence-corrected chi connectivity index (χ4v) is 3.60. The molecule has 128 valence electrons. The summed E-state index contributed by atoms with van der Waals surface area (Å²) in [4.78, 5) is 0. The van der Waals surface area contributed by atoms with Gasteiger partial charge in [0.2, 0.25) is 0 Å². The highest BCUT2D eigenvalue weighted by Crippen LogP contribution is 2.40. The molecular formula is C20H25NO3. The molecule has 4 atom stereocenters. The van der Waals surface area contributed by atoms with E-state index in [0.717, 1.165) is 17.5 Å². The Labute approximate surface area is 143 Å². The summed E-state index contributed by atoms with van der Waals surface area (Å²) in [5.41, 5.74) is 3.50. The molecule has 2 aromatic rings. The maximum Gasteiger partial charge on any atom is 0.162 e. The monoisotopic (exact) mass is 327 g/mol. The van der Waals surface area contributed by atoms with Crippen molar-refractivity contribution in [3.63, 3.8) is 0 Å². The number of hydrogen-bond acceptors (Lipinski definition) is 4. The highest BCUT2D eigenvalue weighted by molar-refractivity contribution is 5.33. The maximum atomic E-state index is 10.2. The Morgan fingerprint density at radius 2 is 1.88 bits per heavy atom. The summed E-state index contributed by atoms with van der Waals surface area (Å²) >= 11 is 0. The molecule has 0 radical (unpaired) electrons. The van der Waals surface area contributed by atoms with Gasteiger partial charge in [-0.2, -0.15) is 0 Å². The van der Waals surface area contributed by atoms with Gasteiger partial charge in [0.05, 0.1) is 12.7 Å². The number of methoxy groups -OCH3 is 1. The van der Waals surface area contributed by atoms with E-state index < -0.39 is 0 Å². The second-order valence-corrected chi connectivity index (χ2v) is 6.15. The van der Waals surface area contributed by atoms with Gasteiger partial charge in [0, 0.05) is 25.5 Å². The number of aliphatic hydroxyl groups is 1. The Morgan fingerprint density at radius 1 is 1.17 bits per heavy atom. The van der Waals surface area contributed by atoms with Crippen LogP contribution in [0.1, 0.15) is 28.8 Å². The number of rotatable bonds is 6. The van der Waals surface area contributed by atoms with Crippen molar-refractivity contribution in [1.29, 1.82) is 0 Å². The van der Waals surface area contributed by atoms with Crippen LogP contribution in [-0.2, 0) is 15.9 Å². The van der Waals surface area contributed by atoms with E-state index in [9.17, 15) is 5.11 Å². The molecule has 0 spiro atoms. The topological polar surface area (TPSA) is 50.7 Å². The van der Waals surface area contributed by atoms with Crippen LogP contribution in [0.3, 0.4) is 0 Å². The van der Waals surface area contributed by atoms with Crippen molar-refractivity contribution in [2.45, 2.75) is 24.9 Å². The van der Waals surface area contributed by atoms with Crippen molar-refractivity contribution in [1.82, 2.24) is 5.32 Å². The highest BCUT2D eigenvalue weighted by atomic mass is 16.7. The van der Waals surface area contributed by atoms with Crippen molar-refractivity contribution < 1.29 is 14.6 Å². The first kappa shape index (κ1) is 17.1. The fraction of sp³-hybridized carbons (Fsp3) is 0.400. The molecule has 1 heterocycles. The first-order chi connectivity index (χ1) is 11.8. The maximum absolute atomic E-state index is 10.2. The lowest BCUT2D eigenvalue weighted by molar-refractivity contribution is -0.185. The zero-order valence-electron chi connectivity index (χ0n) is 14.2. The summed E-state index contributed by atoms with van der Waals surface area (Å²) in [5, 5.41) is 13.5. The van der Waals surface area contributed by atoms with Crippen molar-refractivity contribution in [2.24, 2.45) is 5.92 Å². The third-order valence-corrected chi connectivity index (χ3v) is 4.81. The van der Waals surface area contributed by atoms with E-state index in [1.807, 2.05) is 37.4 Å². The minimum Gasteiger partial charge on any atom is -0.396 e. The van der Waals surface area contributed by atoms with Gasteiger partial charge < -0.3 is 19.9 Å². The molecule has 3 rings (SSSR count). The Morgan fingerprint density at radius 3 is 2.54 bits per heavy atom. The van der Waals surface area contributed by atoms with Crippen LogP contribution in [0.4, 0.5) is 0 Å². The number of ether oxygens (including phenoxy) is 2. The largest absolute Gasteiger partial charge is 0.396 e. The van der Waals surface area contributed by atoms with Crippen molar-refractivity contribution >= 4 is 0 Å². The average Bonchev–Trinajstić information content (AvgIpc) is 2.66. The molecule has 0 aromatic heterocycles. The molecule has 0 bridgehead atoms. The molecule has 0 amide bonds. The Bertz CT molecular complexity index is 646. The van der Waals surface area contributed by atoms with Crippen LogP contribution < -0.4 is 5.32 Å². The summed E-state index contributed by atoms with van der Waals surface area (Å²) < 4.78 is 11.7. The summed E-state index contributed by atoms with van der Waals surface area (Å²) in [6.45, 7) is 0.0236. The predicted octanol–water partition coefficient (Wildman–Crippen LogP) is 2.84. The van der Waals surface area contributed by atoms with Crippen LogP contribution in [0, 0.1) is 5.92 Å². The van der Waals surface area contributed by atoms with Gasteiger partial charge in [0.1, 0.15) is 0 Å². The lowest BCUT2D eigenvalue weighted by Gasteiger charge is -2.38. The number of fused-ring (bicyclic) bond motifs is 1. The minimum atomic E-state index is -0.285. The quantitative estimate of drug-likeness (QED) is 0.857. The SMILES string of the molecule is CN[C@H](c1ccccc1)[C@H](CO)[C@@H]1OC(OC)Cc2ccccc21. The Hall–Kier alpha value is -1.72. The number of hydrogen-bond donors (Lipinski definition) is 2. The van der Waals surface area contributed by atoms with E-state index in [-0.39, 0.29) is 31.0 Å². The van der Waals surface area contributed by atoms with E-state index in [2.05, 4.69) is 29.6 Å². The second kappa shape index (κ2) is 7.90. The molecular weight excluding hydrogens is 302 g/mol. The molecule has 4 heteroatoms. The van der Waals surface area contributed by atoms with Crippen molar-refractivity contribution in [3.05, 3.63) is 71.3 Å². The first-order valence-corrected chi connectivity index (χ1v) is 8.37. The molecule has 0 saturated heterocycles. The molecule has 1 aliphatic rings. The van der Waals surface area contributed by atoms with E-state index in [0.29, 0.717) is 0 Å². The van der Waals surface area contributed by atoms with Gasteiger partial charge in [-0.25, -0.2) is 0 Å². The zero-order chi connectivity index (χ0) is 16.9. The Kier molecular flexibility index (Phi) is 5.63. The van der Waals surface area contributed by atoms with Gasteiger partial charge in [-0.3, -0.25) is 0 Å². The molecule has 4 nitrogen and oxygen atoms in total. The fourth-order valence-electron chi connectivity index (χ4n) is 3.60. The van der Waals surface area contributed by atoms with Gasteiger partial charge in [0.25, 0.3) is 0 Å². The summed E-state index contributed by atoms with van der Waals surface area (Å²) in [7, 11) is 3.58. The highest BCUT2D eigenvalue weighted by Gasteiger charge is 2.37. The molecule has 24 heavy (non-hydrogen) atoms. The van der Waals surface area contributed by atoms with Crippen LogP contribution in [0.15, 0.2) is 54.6 Å². The molecule has 1 aliphatic heterocycles. The zero-order valence-corrected chi connectivity index (χ0v) is 14.2. The molecule has 2 aromatic carbocycles. The van der Waals surface area contributed by atoms with Crippen molar-refractivity contribution in [3.8, 4) is 0 Å². The first-order valence-electron chi connectivity index (χ1n) is 8.37. The third kappa shape index (κ3) is 3.37. The average molecular weight is 327 g/mol. The normalized spacial score (nSPS) is 22.6. The van der Waals surface area contributed by atoms with Gasteiger partial charge in [-0.15, -0.1) is 0 Å². The van der Waals surface area contributed by atoms with E-state index in [1.54, 1.807) is 7.11 Å². The van der Waals surface area contributed by atoms with Gasteiger partial charge in [-0.1, -0.05) is 54.6 Å². The predicted molar refractivity (Wildman–Crippen MR) is 93.6 cm³/mol. The van der Waals surface area contributed by atoms with E-state index in [4.69, 9.17) is 9.47 Å². The number of nitrogens with one attached hydrogen (secondary N) is 1. The Balaban J connectivity index is 1.97. The lowest BCUT2D eigenvalue weighted by atomic mass is 9.82. The van der Waals surface area contributed by atoms with Crippen LogP contribution in [0.5, 0.6) is 0 Å². The van der Waals surface area contributed by atoms with Crippen LogP contribution in [0.2, 0.25) is 0 Å². The van der Waals surface area contributed by atoms with Gasteiger partial charge in [0.15, 0.2) is 6.29 Å². The summed E-state index contributed by atoms with van der Waals surface area (Å²) in [5.74, 6) is -0.114. The van der Waals surface area contributed by atoms with E-state index >= 15 is 0 Å². The molecule has 0 saturated carbocycles. The van der Waals surface area contributed by atoms with Crippen LogP contribution in [0.25, 0.3) is 0 Å². The molecule has 2 N–H and O–H groups in total. The lowest BCUT2D eigenvalue weighted by Crippen LogP contribution is -2.38. The van der Waals surface area contributed by atoms with Crippen LogP contribution in [-0.4, -0.2) is 32.2 Å².